The number of phosphoric acid groups is 1. The van der Waals surface area contributed by atoms with Crippen LogP contribution >= 0.6 is 7.82 Å². The number of rotatable bonds is 40. The third-order valence-electron chi connectivity index (χ3n) is 9.40. The van der Waals surface area contributed by atoms with Gasteiger partial charge in [0.15, 0.2) is 6.10 Å². The molecular weight excluding hydrogens is 687 g/mol. The molecule has 0 radical (unpaired) electrons. The molecule has 2 atom stereocenters. The third kappa shape index (κ3) is 39.8. The first kappa shape index (κ1) is 51.3. The van der Waals surface area contributed by atoms with Gasteiger partial charge in [0.05, 0.1) is 6.61 Å². The largest absolute Gasteiger partial charge is 0.472 e. The van der Waals surface area contributed by atoms with Crippen LogP contribution in [0.4, 0.5) is 0 Å². The molecule has 0 rings (SSSR count). The van der Waals surface area contributed by atoms with Gasteiger partial charge in [-0.05, 0) is 44.9 Å². The number of hydrogen-bond acceptors (Lipinski definition) is 7. The lowest BCUT2D eigenvalue weighted by Crippen LogP contribution is -2.29. The van der Waals surface area contributed by atoms with Gasteiger partial charge < -0.3 is 14.4 Å². The lowest BCUT2D eigenvalue weighted by molar-refractivity contribution is -0.161. The van der Waals surface area contributed by atoms with E-state index < -0.39 is 26.5 Å². The SMILES string of the molecule is CC/C=C\C/C=C\C/C=C\CCCCCCCC(=O)OC(COC(=O)CCCCCCCCCCCCCCCCCCCCC)COP(=O)(O)OC. The van der Waals surface area contributed by atoms with E-state index in [-0.39, 0.29) is 19.0 Å². The van der Waals surface area contributed by atoms with Crippen LogP contribution in [0, 0.1) is 0 Å². The Hall–Kier alpha value is -1.73. The smallest absolute Gasteiger partial charge is 0.462 e. The second-order valence-electron chi connectivity index (χ2n) is 14.5. The number of hydrogen-bond donors (Lipinski definition) is 1. The van der Waals surface area contributed by atoms with E-state index in [4.69, 9.17) is 14.0 Å². The first-order valence-electron chi connectivity index (χ1n) is 21.7. The Morgan fingerprint density at radius 3 is 1.43 bits per heavy atom. The lowest BCUT2D eigenvalue weighted by atomic mass is 10.0. The summed E-state index contributed by atoms with van der Waals surface area (Å²) < 4.78 is 32.0. The zero-order valence-electron chi connectivity index (χ0n) is 34.4. The molecule has 0 aliphatic carbocycles. The second kappa shape index (κ2) is 39.9. The predicted octanol–water partition coefficient (Wildman–Crippen LogP) is 13.6. The molecule has 0 fully saturated rings. The van der Waals surface area contributed by atoms with Gasteiger partial charge in [-0.3, -0.25) is 18.6 Å². The summed E-state index contributed by atoms with van der Waals surface area (Å²) in [5, 5.41) is 0. The fourth-order valence-electron chi connectivity index (χ4n) is 6.09. The average Bonchev–Trinajstić information content (AvgIpc) is 3.15. The van der Waals surface area contributed by atoms with Crippen LogP contribution < -0.4 is 0 Å². The van der Waals surface area contributed by atoms with Crippen LogP contribution in [-0.4, -0.2) is 43.3 Å². The Bertz CT molecular complexity index is 963. The maximum Gasteiger partial charge on any atom is 0.472 e. The fraction of sp³-hybridized carbons (Fsp3) is 0.818. The van der Waals surface area contributed by atoms with Crippen molar-refractivity contribution in [1.82, 2.24) is 0 Å². The first-order valence-corrected chi connectivity index (χ1v) is 23.2. The molecule has 0 saturated carbocycles. The highest BCUT2D eigenvalue weighted by Gasteiger charge is 2.24. The van der Waals surface area contributed by atoms with Gasteiger partial charge in [0.1, 0.15) is 6.61 Å². The van der Waals surface area contributed by atoms with Crippen LogP contribution in [0.3, 0.4) is 0 Å². The number of carbonyl (C=O) groups excluding carboxylic acids is 2. The van der Waals surface area contributed by atoms with Gasteiger partial charge in [-0.1, -0.05) is 185 Å². The summed E-state index contributed by atoms with van der Waals surface area (Å²) in [6, 6.07) is 0. The number of phosphoric ester groups is 1. The molecule has 0 amide bonds. The van der Waals surface area contributed by atoms with Crippen molar-refractivity contribution in [3.05, 3.63) is 36.5 Å². The molecular formula is C44H81O8P. The monoisotopic (exact) mass is 769 g/mol. The molecule has 8 nitrogen and oxygen atoms in total. The Kier molecular flexibility index (Phi) is 38.6. The van der Waals surface area contributed by atoms with Gasteiger partial charge in [0, 0.05) is 20.0 Å². The van der Waals surface area contributed by atoms with E-state index in [1.165, 1.54) is 103 Å². The van der Waals surface area contributed by atoms with Crippen molar-refractivity contribution in [2.24, 2.45) is 0 Å². The highest BCUT2D eigenvalue weighted by Crippen LogP contribution is 2.42. The number of allylic oxidation sites excluding steroid dienone is 6. The van der Waals surface area contributed by atoms with Gasteiger partial charge >= 0.3 is 19.8 Å². The molecule has 0 spiro atoms. The van der Waals surface area contributed by atoms with Gasteiger partial charge in [-0.2, -0.15) is 0 Å². The van der Waals surface area contributed by atoms with Crippen LogP contribution in [0.1, 0.15) is 206 Å². The molecule has 0 aliphatic heterocycles. The van der Waals surface area contributed by atoms with Crippen molar-refractivity contribution in [2.75, 3.05) is 20.3 Å². The maximum atomic E-state index is 12.5. The highest BCUT2D eigenvalue weighted by atomic mass is 31.2. The van der Waals surface area contributed by atoms with E-state index in [0.29, 0.717) is 12.8 Å². The Morgan fingerprint density at radius 1 is 0.547 bits per heavy atom. The van der Waals surface area contributed by atoms with E-state index in [9.17, 15) is 19.0 Å². The van der Waals surface area contributed by atoms with Crippen molar-refractivity contribution >= 4 is 19.8 Å². The number of ether oxygens (including phenoxy) is 2. The van der Waals surface area contributed by atoms with Crippen molar-refractivity contribution in [3.63, 3.8) is 0 Å². The second-order valence-corrected chi connectivity index (χ2v) is 16.0. The summed E-state index contributed by atoms with van der Waals surface area (Å²) in [5.74, 6) is -0.817. The summed E-state index contributed by atoms with van der Waals surface area (Å²) in [6.45, 7) is 3.78. The summed E-state index contributed by atoms with van der Waals surface area (Å²) in [7, 11) is -3.20. The molecule has 0 saturated heterocycles. The van der Waals surface area contributed by atoms with Crippen LogP contribution in [0.5, 0.6) is 0 Å². The van der Waals surface area contributed by atoms with Crippen molar-refractivity contribution in [1.29, 1.82) is 0 Å². The average molecular weight is 769 g/mol. The molecule has 0 aromatic rings. The fourth-order valence-corrected chi connectivity index (χ4v) is 6.55. The Morgan fingerprint density at radius 2 is 0.962 bits per heavy atom. The molecule has 9 heteroatoms. The maximum absolute atomic E-state index is 12.5. The number of esters is 2. The van der Waals surface area contributed by atoms with E-state index >= 15 is 0 Å². The molecule has 310 valence electrons. The Labute approximate surface area is 325 Å². The molecule has 0 aliphatic rings. The first-order chi connectivity index (χ1) is 25.8. The van der Waals surface area contributed by atoms with E-state index in [0.717, 1.165) is 77.7 Å². The summed E-state index contributed by atoms with van der Waals surface area (Å²) in [5.41, 5.74) is 0. The van der Waals surface area contributed by atoms with Crippen molar-refractivity contribution < 1.29 is 37.6 Å². The Balaban J connectivity index is 3.97. The molecule has 0 aromatic heterocycles. The van der Waals surface area contributed by atoms with Crippen LogP contribution in [-0.2, 0) is 32.7 Å². The number of carbonyl (C=O) groups is 2. The normalized spacial score (nSPS) is 13.7. The van der Waals surface area contributed by atoms with Crippen molar-refractivity contribution in [2.45, 2.75) is 213 Å². The van der Waals surface area contributed by atoms with Gasteiger partial charge in [-0.25, -0.2) is 4.57 Å². The van der Waals surface area contributed by atoms with Crippen LogP contribution in [0.25, 0.3) is 0 Å². The van der Waals surface area contributed by atoms with Crippen LogP contribution in [0.15, 0.2) is 36.5 Å². The summed E-state index contributed by atoms with van der Waals surface area (Å²) >= 11 is 0. The highest BCUT2D eigenvalue weighted by molar-refractivity contribution is 7.47. The van der Waals surface area contributed by atoms with Gasteiger partial charge in [0.25, 0.3) is 0 Å². The standard InChI is InChI=1S/C44H81O8P/c1-4-6-8-10-12-14-16-18-20-21-22-23-25-26-28-30-32-34-36-38-43(45)50-40-42(41-51-53(47,48)49-3)52-44(46)39-37-35-33-31-29-27-24-19-17-15-13-11-9-7-5-2/h7,9,13,15,19,24,42H,4-6,8,10-12,14,16-18,20-23,25-41H2,1-3H3,(H,47,48)/b9-7-,15-13-,24-19-. The van der Waals surface area contributed by atoms with Crippen LogP contribution in [0.2, 0.25) is 0 Å². The minimum atomic E-state index is -4.26. The zero-order chi connectivity index (χ0) is 38.9. The van der Waals surface area contributed by atoms with E-state index in [1.807, 2.05) is 0 Å². The molecule has 0 aromatic carbocycles. The summed E-state index contributed by atoms with van der Waals surface area (Å²) in [6.07, 6.45) is 46.3. The summed E-state index contributed by atoms with van der Waals surface area (Å²) in [4.78, 5) is 34.5. The van der Waals surface area contributed by atoms with E-state index in [2.05, 4.69) is 54.8 Å². The van der Waals surface area contributed by atoms with Gasteiger partial charge in [0.2, 0.25) is 0 Å². The lowest BCUT2D eigenvalue weighted by Gasteiger charge is -2.19. The van der Waals surface area contributed by atoms with Crippen molar-refractivity contribution in [3.8, 4) is 0 Å². The minimum Gasteiger partial charge on any atom is -0.462 e. The third-order valence-corrected chi connectivity index (χ3v) is 10.3. The van der Waals surface area contributed by atoms with Gasteiger partial charge in [-0.15, -0.1) is 0 Å². The topological polar surface area (TPSA) is 108 Å². The molecule has 0 bridgehead atoms. The molecule has 53 heavy (non-hydrogen) atoms. The van der Waals surface area contributed by atoms with E-state index in [1.54, 1.807) is 0 Å². The predicted molar refractivity (Wildman–Crippen MR) is 221 cm³/mol. The molecule has 0 heterocycles. The molecule has 2 unspecified atom stereocenters. The number of unbranched alkanes of at least 4 members (excludes halogenated alkanes) is 23. The minimum absolute atomic E-state index is 0.227. The quantitative estimate of drug-likeness (QED) is 0.0284. The zero-order valence-corrected chi connectivity index (χ0v) is 35.3. The molecule has 1 N–H and O–H groups in total.